The number of aromatic nitrogens is 2. The van der Waals surface area contributed by atoms with Crippen LogP contribution in [-0.4, -0.2) is 83.5 Å². The monoisotopic (exact) mass is 375 g/mol. The van der Waals surface area contributed by atoms with Gasteiger partial charge in [0.2, 0.25) is 5.91 Å². The molecule has 2 aliphatic rings. The van der Waals surface area contributed by atoms with E-state index in [1.165, 1.54) is 31.5 Å². The molecule has 0 bridgehead atoms. The van der Waals surface area contributed by atoms with E-state index in [0.29, 0.717) is 18.4 Å². The molecule has 2 fully saturated rings. The SMILES string of the molecule is CN(C)CCCn1ccnc1[C@@H]1CCCN(C(=O)CN2CCCCCC2)C1. The average molecular weight is 376 g/mol. The molecule has 1 amide bonds. The van der Waals surface area contributed by atoms with Gasteiger partial charge in [0.1, 0.15) is 5.82 Å². The second kappa shape index (κ2) is 10.2. The summed E-state index contributed by atoms with van der Waals surface area (Å²) in [6, 6.07) is 0. The summed E-state index contributed by atoms with van der Waals surface area (Å²) in [6.07, 6.45) is 12.5. The molecule has 0 unspecified atom stereocenters. The lowest BCUT2D eigenvalue weighted by atomic mass is 9.97. The van der Waals surface area contributed by atoms with E-state index in [-0.39, 0.29) is 0 Å². The van der Waals surface area contributed by atoms with Gasteiger partial charge < -0.3 is 14.4 Å². The number of piperidine rings is 1. The van der Waals surface area contributed by atoms with Crippen LogP contribution < -0.4 is 0 Å². The molecular weight excluding hydrogens is 338 g/mol. The molecule has 0 aliphatic carbocycles. The number of likely N-dealkylation sites (tertiary alicyclic amines) is 2. The molecule has 0 saturated carbocycles. The molecule has 152 valence electrons. The predicted octanol–water partition coefficient (Wildman–Crippen LogP) is 2.42. The van der Waals surface area contributed by atoms with Crippen LogP contribution in [0.4, 0.5) is 0 Å². The molecule has 1 atom stereocenters. The molecule has 2 aliphatic heterocycles. The summed E-state index contributed by atoms with van der Waals surface area (Å²) in [5.41, 5.74) is 0. The minimum atomic E-state index is 0.312. The maximum Gasteiger partial charge on any atom is 0.236 e. The van der Waals surface area contributed by atoms with Gasteiger partial charge in [-0.05, 0) is 65.8 Å². The Morgan fingerprint density at radius 1 is 1.15 bits per heavy atom. The number of nitrogens with zero attached hydrogens (tertiary/aromatic N) is 5. The molecule has 1 aromatic heterocycles. The smallest absolute Gasteiger partial charge is 0.236 e. The molecule has 0 N–H and O–H groups in total. The van der Waals surface area contributed by atoms with Gasteiger partial charge in [0.05, 0.1) is 6.54 Å². The average Bonchev–Trinajstić information content (AvgIpc) is 2.97. The van der Waals surface area contributed by atoms with Crippen LogP contribution in [-0.2, 0) is 11.3 Å². The highest BCUT2D eigenvalue weighted by Gasteiger charge is 2.28. The number of amides is 1. The first-order valence-electron chi connectivity index (χ1n) is 10.8. The maximum atomic E-state index is 12.9. The Labute approximate surface area is 164 Å². The lowest BCUT2D eigenvalue weighted by molar-refractivity contribution is -0.133. The number of rotatable bonds is 7. The van der Waals surface area contributed by atoms with Crippen molar-refractivity contribution >= 4 is 5.91 Å². The summed E-state index contributed by atoms with van der Waals surface area (Å²) >= 11 is 0. The zero-order valence-electron chi connectivity index (χ0n) is 17.3. The van der Waals surface area contributed by atoms with Crippen molar-refractivity contribution in [3.8, 4) is 0 Å². The lowest BCUT2D eigenvalue weighted by Crippen LogP contribution is -2.45. The van der Waals surface area contributed by atoms with Crippen LogP contribution >= 0.6 is 0 Å². The highest BCUT2D eigenvalue weighted by atomic mass is 16.2. The topological polar surface area (TPSA) is 44.6 Å². The molecular formula is C21H37N5O. The van der Waals surface area contributed by atoms with Crippen LogP contribution in [0.5, 0.6) is 0 Å². The summed E-state index contributed by atoms with van der Waals surface area (Å²) < 4.78 is 2.30. The van der Waals surface area contributed by atoms with Crippen LogP contribution in [0.25, 0.3) is 0 Å². The van der Waals surface area contributed by atoms with Crippen LogP contribution in [0, 0.1) is 0 Å². The fraction of sp³-hybridized carbons (Fsp3) is 0.810. The largest absolute Gasteiger partial charge is 0.341 e. The van der Waals surface area contributed by atoms with Gasteiger partial charge in [-0.1, -0.05) is 12.8 Å². The summed E-state index contributed by atoms with van der Waals surface area (Å²) in [7, 11) is 4.23. The van der Waals surface area contributed by atoms with Gasteiger partial charge in [0.15, 0.2) is 0 Å². The second-order valence-electron chi connectivity index (χ2n) is 8.50. The number of carbonyl (C=O) groups excluding carboxylic acids is 1. The minimum absolute atomic E-state index is 0.312. The van der Waals surface area contributed by atoms with E-state index in [9.17, 15) is 4.79 Å². The van der Waals surface area contributed by atoms with Gasteiger partial charge in [-0.15, -0.1) is 0 Å². The van der Waals surface area contributed by atoms with Crippen molar-refractivity contribution in [2.24, 2.45) is 0 Å². The third-order valence-electron chi connectivity index (χ3n) is 5.95. The molecule has 1 aromatic rings. The Balaban J connectivity index is 1.54. The molecule has 27 heavy (non-hydrogen) atoms. The molecule has 0 radical (unpaired) electrons. The van der Waals surface area contributed by atoms with E-state index < -0.39 is 0 Å². The van der Waals surface area contributed by atoms with Gasteiger partial charge >= 0.3 is 0 Å². The van der Waals surface area contributed by atoms with Crippen LogP contribution in [0.3, 0.4) is 0 Å². The van der Waals surface area contributed by atoms with E-state index in [4.69, 9.17) is 0 Å². The summed E-state index contributed by atoms with van der Waals surface area (Å²) in [4.78, 5) is 24.2. The van der Waals surface area contributed by atoms with E-state index in [2.05, 4.69) is 44.5 Å². The molecule has 6 nitrogen and oxygen atoms in total. The van der Waals surface area contributed by atoms with Gasteiger partial charge in [-0.3, -0.25) is 9.69 Å². The van der Waals surface area contributed by atoms with Crippen molar-refractivity contribution in [1.29, 1.82) is 0 Å². The number of hydrogen-bond donors (Lipinski definition) is 0. The molecule has 3 heterocycles. The fourth-order valence-electron chi connectivity index (χ4n) is 4.43. The Morgan fingerprint density at radius 3 is 2.67 bits per heavy atom. The second-order valence-corrected chi connectivity index (χ2v) is 8.50. The van der Waals surface area contributed by atoms with Crippen molar-refractivity contribution < 1.29 is 4.79 Å². The normalized spacial score (nSPS) is 22.2. The van der Waals surface area contributed by atoms with E-state index >= 15 is 0 Å². The highest BCUT2D eigenvalue weighted by Crippen LogP contribution is 2.26. The van der Waals surface area contributed by atoms with E-state index in [0.717, 1.165) is 58.5 Å². The molecule has 6 heteroatoms. The van der Waals surface area contributed by atoms with Crippen LogP contribution in [0.1, 0.15) is 56.7 Å². The van der Waals surface area contributed by atoms with Crippen LogP contribution in [0.2, 0.25) is 0 Å². The summed E-state index contributed by atoms with van der Waals surface area (Å²) in [5, 5.41) is 0. The molecule has 0 aromatic carbocycles. The van der Waals surface area contributed by atoms with Crippen molar-refractivity contribution in [2.75, 3.05) is 53.4 Å². The first-order valence-corrected chi connectivity index (χ1v) is 10.8. The quantitative estimate of drug-likeness (QED) is 0.734. The lowest BCUT2D eigenvalue weighted by Gasteiger charge is -2.34. The zero-order valence-corrected chi connectivity index (χ0v) is 17.3. The molecule has 0 spiro atoms. The highest BCUT2D eigenvalue weighted by molar-refractivity contribution is 5.78. The summed E-state index contributed by atoms with van der Waals surface area (Å²) in [5.74, 6) is 1.86. The zero-order chi connectivity index (χ0) is 19.1. The predicted molar refractivity (Wildman–Crippen MR) is 109 cm³/mol. The van der Waals surface area contributed by atoms with E-state index in [1.54, 1.807) is 0 Å². The van der Waals surface area contributed by atoms with Gasteiger partial charge in [-0.25, -0.2) is 4.98 Å². The number of hydrogen-bond acceptors (Lipinski definition) is 4. The van der Waals surface area contributed by atoms with Crippen molar-refractivity contribution in [3.63, 3.8) is 0 Å². The first kappa shape index (κ1) is 20.3. The van der Waals surface area contributed by atoms with E-state index in [1.807, 2.05) is 6.20 Å². The molecule has 2 saturated heterocycles. The third-order valence-corrected chi connectivity index (χ3v) is 5.95. The first-order chi connectivity index (χ1) is 13.1. The number of carbonyl (C=O) groups is 1. The Morgan fingerprint density at radius 2 is 1.93 bits per heavy atom. The standard InChI is InChI=1S/C21H37N5O/c1-23(2)11-8-15-25-16-10-22-21(25)19-9-7-14-26(17-19)20(27)18-24-12-5-3-4-6-13-24/h10,16,19H,3-9,11-15,17-18H2,1-2H3/t19-/m1/s1. The van der Waals surface area contributed by atoms with Crippen LogP contribution in [0.15, 0.2) is 12.4 Å². The number of aryl methyl sites for hydroxylation is 1. The number of imidazole rings is 1. The van der Waals surface area contributed by atoms with Gasteiger partial charge in [0, 0.05) is 37.9 Å². The third kappa shape index (κ3) is 6.04. The fourth-order valence-corrected chi connectivity index (χ4v) is 4.43. The maximum absolute atomic E-state index is 12.9. The minimum Gasteiger partial charge on any atom is -0.341 e. The Bertz CT molecular complexity index is 577. The van der Waals surface area contributed by atoms with Gasteiger partial charge in [0.25, 0.3) is 0 Å². The molecule has 3 rings (SSSR count). The van der Waals surface area contributed by atoms with Crippen molar-refractivity contribution in [3.05, 3.63) is 18.2 Å². The van der Waals surface area contributed by atoms with Crippen molar-refractivity contribution in [1.82, 2.24) is 24.3 Å². The van der Waals surface area contributed by atoms with Crippen molar-refractivity contribution in [2.45, 2.75) is 57.4 Å². The summed E-state index contributed by atoms with van der Waals surface area (Å²) in [6.45, 7) is 6.60. The Hall–Kier alpha value is -1.40. The Kier molecular flexibility index (Phi) is 7.70. The van der Waals surface area contributed by atoms with Gasteiger partial charge in [-0.2, -0.15) is 0 Å².